The first-order valence-electron chi connectivity index (χ1n) is 8.55. The van der Waals surface area contributed by atoms with Crippen LogP contribution in [0.15, 0.2) is 50.8 Å². The summed E-state index contributed by atoms with van der Waals surface area (Å²) in [5, 5.41) is 12.0. The molecule has 156 valence electrons. The number of nitrogens with zero attached hydrogens (tertiary/aromatic N) is 1. The molecule has 0 spiro atoms. The number of carbonyl (C=O) groups is 2. The van der Waals surface area contributed by atoms with Gasteiger partial charge in [-0.3, -0.25) is 4.79 Å². The van der Waals surface area contributed by atoms with Crippen LogP contribution in [0.1, 0.15) is 5.56 Å². The van der Waals surface area contributed by atoms with Crippen LogP contribution in [0.25, 0.3) is 6.08 Å². The Hall–Kier alpha value is -2.98. The maximum absolute atomic E-state index is 12.3. The monoisotopic (exact) mass is 492 g/mol. The van der Waals surface area contributed by atoms with E-state index in [1.807, 2.05) is 0 Å². The van der Waals surface area contributed by atoms with Crippen molar-refractivity contribution in [2.75, 3.05) is 20.8 Å². The number of carbonyl (C=O) groups excluding carboxylic acids is 1. The number of nitrogens with one attached hydrogen (secondary N) is 1. The summed E-state index contributed by atoms with van der Waals surface area (Å²) in [5.74, 6) is -0.0373. The number of halogens is 1. The van der Waals surface area contributed by atoms with E-state index in [4.69, 9.17) is 19.3 Å². The fourth-order valence-corrected chi connectivity index (χ4v) is 3.92. The van der Waals surface area contributed by atoms with E-state index in [1.54, 1.807) is 49.6 Å². The van der Waals surface area contributed by atoms with Crippen molar-refractivity contribution < 1.29 is 28.9 Å². The molecule has 1 saturated heterocycles. The van der Waals surface area contributed by atoms with Gasteiger partial charge in [0.2, 0.25) is 0 Å². The number of amides is 1. The molecule has 0 bridgehead atoms. The van der Waals surface area contributed by atoms with Crippen molar-refractivity contribution in [1.82, 2.24) is 5.32 Å². The molecule has 0 aromatic heterocycles. The third-order valence-electron chi connectivity index (χ3n) is 3.84. The molecule has 0 unspecified atom stereocenters. The zero-order valence-corrected chi connectivity index (χ0v) is 18.4. The van der Waals surface area contributed by atoms with Crippen molar-refractivity contribution in [1.29, 1.82) is 0 Å². The Bertz CT molecular complexity index is 1040. The van der Waals surface area contributed by atoms with Gasteiger partial charge in [0.05, 0.1) is 29.3 Å². The maximum atomic E-state index is 12.3. The van der Waals surface area contributed by atoms with Crippen molar-refractivity contribution in [3.05, 3.63) is 51.3 Å². The van der Waals surface area contributed by atoms with Gasteiger partial charge in [-0.25, -0.2) is 9.79 Å². The molecule has 0 radical (unpaired) electrons. The molecular formula is C20H17BrN2O6S. The van der Waals surface area contributed by atoms with Crippen molar-refractivity contribution >= 4 is 56.5 Å². The van der Waals surface area contributed by atoms with Gasteiger partial charge in [-0.2, -0.15) is 0 Å². The van der Waals surface area contributed by atoms with Crippen LogP contribution in [-0.2, 0) is 9.59 Å². The highest BCUT2D eigenvalue weighted by atomic mass is 79.9. The normalized spacial score (nSPS) is 15.9. The molecule has 0 atom stereocenters. The number of aliphatic imine (C=N–C) groups is 1. The van der Waals surface area contributed by atoms with Crippen LogP contribution in [-0.4, -0.2) is 43.0 Å². The molecule has 0 aliphatic carbocycles. The van der Waals surface area contributed by atoms with Crippen LogP contribution in [0.2, 0.25) is 0 Å². The first-order chi connectivity index (χ1) is 14.4. The Balaban J connectivity index is 1.82. The average molecular weight is 493 g/mol. The van der Waals surface area contributed by atoms with E-state index in [2.05, 4.69) is 26.2 Å². The van der Waals surface area contributed by atoms with Gasteiger partial charge < -0.3 is 24.6 Å². The predicted molar refractivity (Wildman–Crippen MR) is 118 cm³/mol. The Morgan fingerprint density at radius 3 is 2.60 bits per heavy atom. The van der Waals surface area contributed by atoms with Gasteiger partial charge in [-0.15, -0.1) is 0 Å². The van der Waals surface area contributed by atoms with Gasteiger partial charge in [0.25, 0.3) is 5.91 Å². The molecule has 1 aliphatic heterocycles. The number of carboxylic acid groups (broad SMARTS) is 1. The minimum atomic E-state index is -1.10. The molecule has 3 rings (SSSR count). The van der Waals surface area contributed by atoms with Crippen molar-refractivity contribution in [2.45, 2.75) is 0 Å². The molecule has 10 heteroatoms. The number of hydrogen-bond donors (Lipinski definition) is 2. The predicted octanol–water partition coefficient (Wildman–Crippen LogP) is 3.82. The van der Waals surface area contributed by atoms with Crippen molar-refractivity contribution in [3.63, 3.8) is 0 Å². The van der Waals surface area contributed by atoms with E-state index in [1.165, 1.54) is 18.9 Å². The van der Waals surface area contributed by atoms with Crippen molar-refractivity contribution in [3.8, 4) is 17.2 Å². The molecule has 8 nitrogen and oxygen atoms in total. The lowest BCUT2D eigenvalue weighted by Crippen LogP contribution is -2.19. The van der Waals surface area contributed by atoms with Gasteiger partial charge in [-0.05, 0) is 75.7 Å². The number of rotatable bonds is 7. The Kier molecular flexibility index (Phi) is 7.01. The Morgan fingerprint density at radius 1 is 1.23 bits per heavy atom. The Labute approximate surface area is 185 Å². The van der Waals surface area contributed by atoms with Crippen molar-refractivity contribution in [2.24, 2.45) is 4.99 Å². The van der Waals surface area contributed by atoms with Gasteiger partial charge in [-0.1, -0.05) is 0 Å². The van der Waals surface area contributed by atoms with E-state index >= 15 is 0 Å². The second-order valence-electron chi connectivity index (χ2n) is 5.90. The van der Waals surface area contributed by atoms with E-state index in [0.29, 0.717) is 31.5 Å². The van der Waals surface area contributed by atoms with E-state index < -0.39 is 12.6 Å². The molecule has 1 amide bonds. The molecule has 1 fully saturated rings. The number of hydrogen-bond acceptors (Lipinski definition) is 7. The minimum Gasteiger partial charge on any atom is -0.497 e. The summed E-state index contributed by atoms with van der Waals surface area (Å²) in [6, 6.07) is 10.5. The summed E-state index contributed by atoms with van der Waals surface area (Å²) in [7, 11) is 3.03. The zero-order valence-electron chi connectivity index (χ0n) is 16.0. The van der Waals surface area contributed by atoms with E-state index in [0.717, 1.165) is 5.75 Å². The number of benzene rings is 2. The maximum Gasteiger partial charge on any atom is 0.341 e. The highest BCUT2D eigenvalue weighted by Crippen LogP contribution is 2.38. The topological polar surface area (TPSA) is 106 Å². The fraction of sp³-hybridized carbons (Fsp3) is 0.150. The minimum absolute atomic E-state index is 0.270. The van der Waals surface area contributed by atoms with Gasteiger partial charge >= 0.3 is 5.97 Å². The SMILES string of the molecule is COc1ccc(N=C2NC(=O)/C(=C\c3cc(Br)c(OCC(=O)O)c(OC)c3)S2)cc1. The molecule has 2 aromatic carbocycles. The summed E-state index contributed by atoms with van der Waals surface area (Å²) in [4.78, 5) is 28.0. The highest BCUT2D eigenvalue weighted by Gasteiger charge is 2.24. The number of aliphatic carboxylic acids is 1. The lowest BCUT2D eigenvalue weighted by atomic mass is 10.2. The first-order valence-corrected chi connectivity index (χ1v) is 10.2. The van der Waals surface area contributed by atoms with Gasteiger partial charge in [0, 0.05) is 0 Å². The van der Waals surface area contributed by atoms with Crippen LogP contribution in [0, 0.1) is 0 Å². The molecule has 0 saturated carbocycles. The number of amidine groups is 1. The lowest BCUT2D eigenvalue weighted by molar-refractivity contribution is -0.139. The van der Waals surface area contributed by atoms with Gasteiger partial charge in [0.1, 0.15) is 5.75 Å². The summed E-state index contributed by atoms with van der Waals surface area (Å²) in [6.45, 7) is -0.501. The van der Waals surface area contributed by atoms with E-state index in [9.17, 15) is 9.59 Å². The van der Waals surface area contributed by atoms with Crippen LogP contribution < -0.4 is 19.5 Å². The van der Waals surface area contributed by atoms with Crippen LogP contribution in [0.5, 0.6) is 17.2 Å². The van der Waals surface area contributed by atoms with Gasteiger partial charge in [0.15, 0.2) is 23.3 Å². The molecule has 2 N–H and O–H groups in total. The number of thioether (sulfide) groups is 1. The summed E-state index contributed by atoms with van der Waals surface area (Å²) < 4.78 is 16.2. The van der Waals surface area contributed by atoms with E-state index in [-0.39, 0.29) is 11.7 Å². The standard InChI is InChI=1S/C20H17BrN2O6S/c1-27-13-5-3-12(4-6-13)22-20-23-19(26)16(30-20)9-11-7-14(21)18(15(8-11)28-2)29-10-17(24)25/h3-9H,10H2,1-2H3,(H,24,25)(H,22,23,26)/b16-9+. The molecule has 2 aromatic rings. The summed E-state index contributed by atoms with van der Waals surface area (Å²) in [6.07, 6.45) is 1.69. The quantitative estimate of drug-likeness (QED) is 0.565. The average Bonchev–Trinajstić information content (AvgIpc) is 3.05. The number of methoxy groups -OCH3 is 2. The third-order valence-corrected chi connectivity index (χ3v) is 5.34. The number of carboxylic acids is 1. The molecule has 1 heterocycles. The third kappa shape index (κ3) is 5.33. The zero-order chi connectivity index (χ0) is 21.7. The number of ether oxygens (including phenoxy) is 3. The second kappa shape index (κ2) is 9.68. The first kappa shape index (κ1) is 21.7. The summed E-state index contributed by atoms with van der Waals surface area (Å²) >= 11 is 4.56. The van der Waals surface area contributed by atoms with Crippen LogP contribution in [0.4, 0.5) is 5.69 Å². The van der Waals surface area contributed by atoms with Crippen LogP contribution >= 0.6 is 27.7 Å². The molecule has 1 aliphatic rings. The van der Waals surface area contributed by atoms with Crippen LogP contribution in [0.3, 0.4) is 0 Å². The molecule has 30 heavy (non-hydrogen) atoms. The molecular weight excluding hydrogens is 476 g/mol. The second-order valence-corrected chi connectivity index (χ2v) is 7.78. The fourth-order valence-electron chi connectivity index (χ4n) is 2.50. The highest BCUT2D eigenvalue weighted by molar-refractivity contribution is 9.10. The Morgan fingerprint density at radius 2 is 1.97 bits per heavy atom. The summed E-state index contributed by atoms with van der Waals surface area (Å²) in [5.41, 5.74) is 1.36. The smallest absolute Gasteiger partial charge is 0.341 e. The lowest BCUT2D eigenvalue weighted by Gasteiger charge is -2.12. The largest absolute Gasteiger partial charge is 0.497 e.